The minimum absolute atomic E-state index is 0.0123. The summed E-state index contributed by atoms with van der Waals surface area (Å²) < 4.78 is 19.4. The molecule has 0 aliphatic carbocycles. The van der Waals surface area contributed by atoms with Gasteiger partial charge in [0.25, 0.3) is 5.91 Å². The average molecular weight is 412 g/mol. The molecule has 30 heavy (non-hydrogen) atoms. The Bertz CT molecular complexity index is 1010. The minimum atomic E-state index is -0.724. The molecule has 2 saturated heterocycles. The lowest BCUT2D eigenvalue weighted by atomic mass is 10.1. The van der Waals surface area contributed by atoms with E-state index >= 15 is 0 Å². The van der Waals surface area contributed by atoms with Crippen LogP contribution in [0.4, 0.5) is 20.8 Å². The predicted octanol–water partition coefficient (Wildman–Crippen LogP) is 2.94. The van der Waals surface area contributed by atoms with E-state index in [0.717, 1.165) is 36.7 Å². The van der Waals surface area contributed by atoms with Crippen LogP contribution in [0.15, 0.2) is 46.5 Å². The number of amides is 4. The third-order valence-electron chi connectivity index (χ3n) is 4.98. The van der Waals surface area contributed by atoms with E-state index in [1.54, 1.807) is 12.1 Å². The first kappa shape index (κ1) is 19.7. The lowest BCUT2D eigenvalue weighted by Crippen LogP contribution is -2.38. The maximum atomic E-state index is 13.7. The van der Waals surface area contributed by atoms with Crippen molar-refractivity contribution in [3.8, 4) is 0 Å². The van der Waals surface area contributed by atoms with Gasteiger partial charge < -0.3 is 20.0 Å². The van der Waals surface area contributed by atoms with Crippen LogP contribution in [0, 0.1) is 5.82 Å². The number of piperidine rings is 1. The van der Waals surface area contributed by atoms with Gasteiger partial charge in [0.1, 0.15) is 23.8 Å². The molecule has 0 spiro atoms. The summed E-state index contributed by atoms with van der Waals surface area (Å²) in [6.45, 7) is 1.31. The monoisotopic (exact) mass is 412 g/mol. The molecule has 0 unspecified atom stereocenters. The maximum absolute atomic E-state index is 13.7. The topological polar surface area (TPSA) is 94.9 Å². The van der Waals surface area contributed by atoms with Gasteiger partial charge >= 0.3 is 6.03 Å². The number of rotatable bonds is 5. The third kappa shape index (κ3) is 4.19. The molecule has 2 aliphatic heterocycles. The van der Waals surface area contributed by atoms with Crippen molar-refractivity contribution in [1.82, 2.24) is 10.2 Å². The Kier molecular flexibility index (Phi) is 5.51. The van der Waals surface area contributed by atoms with Crippen LogP contribution in [0.3, 0.4) is 0 Å². The van der Waals surface area contributed by atoms with Crippen molar-refractivity contribution < 1.29 is 23.2 Å². The molecule has 8 nitrogen and oxygen atoms in total. The fraction of sp³-hybridized carbons (Fsp3) is 0.286. The van der Waals surface area contributed by atoms with Crippen LogP contribution in [0.25, 0.3) is 6.08 Å². The smallest absolute Gasteiger partial charge is 0.329 e. The number of carbonyl (C=O) groups is 3. The predicted molar refractivity (Wildman–Crippen MR) is 108 cm³/mol. The van der Waals surface area contributed by atoms with Gasteiger partial charge in [0.05, 0.1) is 5.69 Å². The lowest BCUT2D eigenvalue weighted by molar-refractivity contribution is -0.127. The van der Waals surface area contributed by atoms with Crippen molar-refractivity contribution in [3.63, 3.8) is 0 Å². The van der Waals surface area contributed by atoms with Crippen molar-refractivity contribution in [2.75, 3.05) is 29.9 Å². The standard InChI is InChI=1S/C21H21FN4O4/c22-15-6-2-3-7-16(15)23-18(27)13-26-20(28)17(24-21(26)29)12-14-8-9-19(30-14)25-10-4-1-5-11-25/h2-3,6-9,12H,1,4-5,10-11,13H2,(H,23,27)(H,24,29)/b17-12+. The Hall–Kier alpha value is -3.62. The van der Waals surface area contributed by atoms with Crippen molar-refractivity contribution in [2.24, 2.45) is 0 Å². The number of imide groups is 1. The highest BCUT2D eigenvalue weighted by atomic mass is 19.1. The van der Waals surface area contributed by atoms with Crippen LogP contribution in [0.1, 0.15) is 25.0 Å². The van der Waals surface area contributed by atoms with Gasteiger partial charge in [0.15, 0.2) is 5.88 Å². The van der Waals surface area contributed by atoms with Gasteiger partial charge in [-0.05, 0) is 37.5 Å². The number of furan rings is 1. The largest absolute Gasteiger partial charge is 0.441 e. The molecule has 4 amide bonds. The Labute approximate surface area is 172 Å². The molecule has 1 aromatic carbocycles. The molecule has 2 fully saturated rings. The van der Waals surface area contributed by atoms with E-state index in [9.17, 15) is 18.8 Å². The van der Waals surface area contributed by atoms with Crippen LogP contribution < -0.4 is 15.5 Å². The van der Waals surface area contributed by atoms with Crippen molar-refractivity contribution in [1.29, 1.82) is 0 Å². The number of urea groups is 1. The number of anilines is 2. The number of halogens is 1. The molecule has 2 aromatic rings. The van der Waals surface area contributed by atoms with Gasteiger partial charge in [-0.1, -0.05) is 12.1 Å². The summed E-state index contributed by atoms with van der Waals surface area (Å²) >= 11 is 0. The molecule has 9 heteroatoms. The van der Waals surface area contributed by atoms with Gasteiger partial charge in [-0.2, -0.15) is 0 Å². The highest BCUT2D eigenvalue weighted by Crippen LogP contribution is 2.24. The summed E-state index contributed by atoms with van der Waals surface area (Å²) in [5.41, 5.74) is -0.00983. The normalized spacial score (nSPS) is 18.1. The van der Waals surface area contributed by atoms with Crippen LogP contribution >= 0.6 is 0 Å². The molecule has 0 atom stereocenters. The summed E-state index contributed by atoms with van der Waals surface area (Å²) in [5, 5.41) is 4.79. The van der Waals surface area contributed by atoms with Crippen LogP contribution in [-0.2, 0) is 9.59 Å². The second kappa shape index (κ2) is 8.40. The summed E-state index contributed by atoms with van der Waals surface area (Å²) in [4.78, 5) is 39.8. The second-order valence-electron chi connectivity index (χ2n) is 7.13. The molecule has 0 radical (unpaired) electrons. The number of hydrogen-bond acceptors (Lipinski definition) is 5. The van der Waals surface area contributed by atoms with E-state index in [1.165, 1.54) is 30.7 Å². The Morgan fingerprint density at radius 2 is 1.90 bits per heavy atom. The van der Waals surface area contributed by atoms with E-state index in [1.807, 2.05) is 6.07 Å². The van der Waals surface area contributed by atoms with Gasteiger partial charge in [-0.3, -0.25) is 9.59 Å². The van der Waals surface area contributed by atoms with E-state index in [4.69, 9.17) is 4.42 Å². The van der Waals surface area contributed by atoms with E-state index in [0.29, 0.717) is 5.76 Å². The molecule has 0 bridgehead atoms. The Morgan fingerprint density at radius 1 is 1.13 bits per heavy atom. The fourth-order valence-electron chi connectivity index (χ4n) is 3.46. The van der Waals surface area contributed by atoms with E-state index < -0.39 is 30.2 Å². The van der Waals surface area contributed by atoms with Crippen molar-refractivity contribution in [3.05, 3.63) is 53.7 Å². The fourth-order valence-corrected chi connectivity index (χ4v) is 3.46. The maximum Gasteiger partial charge on any atom is 0.329 e. The van der Waals surface area contributed by atoms with Crippen LogP contribution in [-0.4, -0.2) is 42.4 Å². The van der Waals surface area contributed by atoms with Gasteiger partial charge in [-0.15, -0.1) is 0 Å². The summed E-state index contributed by atoms with van der Waals surface area (Å²) in [7, 11) is 0. The van der Waals surface area contributed by atoms with Gasteiger partial charge in [0.2, 0.25) is 5.91 Å². The number of nitrogens with zero attached hydrogens (tertiary/aromatic N) is 2. The zero-order chi connectivity index (χ0) is 21.1. The summed E-state index contributed by atoms with van der Waals surface area (Å²) in [6, 6.07) is 8.48. The first-order chi connectivity index (χ1) is 14.5. The quantitative estimate of drug-likeness (QED) is 0.582. The van der Waals surface area contributed by atoms with Gasteiger partial charge in [0, 0.05) is 25.2 Å². The van der Waals surface area contributed by atoms with Gasteiger partial charge in [-0.25, -0.2) is 14.1 Å². The molecule has 2 aliphatic rings. The molecule has 2 N–H and O–H groups in total. The number of hydrogen-bond donors (Lipinski definition) is 2. The van der Waals surface area contributed by atoms with Crippen molar-refractivity contribution in [2.45, 2.75) is 19.3 Å². The zero-order valence-electron chi connectivity index (χ0n) is 16.2. The minimum Gasteiger partial charge on any atom is -0.441 e. The molecule has 0 saturated carbocycles. The molecule has 156 valence electrons. The highest BCUT2D eigenvalue weighted by Gasteiger charge is 2.35. The highest BCUT2D eigenvalue weighted by molar-refractivity contribution is 6.15. The Balaban J connectivity index is 1.41. The second-order valence-corrected chi connectivity index (χ2v) is 7.13. The first-order valence-electron chi connectivity index (χ1n) is 9.75. The SMILES string of the molecule is O=C(CN1C(=O)N/C(=C/c2ccc(N3CCCCC3)o2)C1=O)Nc1ccccc1F. The Morgan fingerprint density at radius 3 is 2.67 bits per heavy atom. The van der Waals surface area contributed by atoms with E-state index in [2.05, 4.69) is 15.5 Å². The molecular weight excluding hydrogens is 391 g/mol. The third-order valence-corrected chi connectivity index (χ3v) is 4.98. The number of benzene rings is 1. The molecule has 3 heterocycles. The molecular formula is C21H21FN4O4. The number of carbonyl (C=O) groups excluding carboxylic acids is 3. The van der Waals surface area contributed by atoms with Crippen molar-refractivity contribution >= 4 is 35.5 Å². The zero-order valence-corrected chi connectivity index (χ0v) is 16.2. The first-order valence-corrected chi connectivity index (χ1v) is 9.75. The van der Waals surface area contributed by atoms with Crippen LogP contribution in [0.5, 0.6) is 0 Å². The molecule has 4 rings (SSSR count). The number of para-hydroxylation sites is 1. The number of nitrogens with one attached hydrogen (secondary N) is 2. The van der Waals surface area contributed by atoms with E-state index in [-0.39, 0.29) is 11.4 Å². The summed E-state index contributed by atoms with van der Waals surface area (Å²) in [5.74, 6) is -0.794. The van der Waals surface area contributed by atoms with Crippen LogP contribution in [0.2, 0.25) is 0 Å². The lowest BCUT2D eigenvalue weighted by Gasteiger charge is -2.25. The molecule has 1 aromatic heterocycles. The summed E-state index contributed by atoms with van der Waals surface area (Å²) in [6.07, 6.45) is 4.85. The average Bonchev–Trinajstić information content (AvgIpc) is 3.31.